The fraction of sp³-hybridized carbons (Fsp3) is 0.889. The third kappa shape index (κ3) is 6.40. The van der Waals surface area contributed by atoms with Gasteiger partial charge in [0.15, 0.2) is 0 Å². The van der Waals surface area contributed by atoms with E-state index in [0.29, 0.717) is 25.5 Å². The van der Waals surface area contributed by atoms with Crippen LogP contribution >= 0.6 is 0 Å². The molecule has 0 radical (unpaired) electrons. The summed E-state index contributed by atoms with van der Waals surface area (Å²) in [4.78, 5) is 23.9. The van der Waals surface area contributed by atoms with Crippen molar-refractivity contribution >= 4 is 11.8 Å². The molecular formula is C18H33N3O3. The molecule has 138 valence electrons. The van der Waals surface area contributed by atoms with Gasteiger partial charge in [0, 0.05) is 25.5 Å². The smallest absolute Gasteiger partial charge is 0.239 e. The van der Waals surface area contributed by atoms with Gasteiger partial charge in [-0.15, -0.1) is 0 Å². The lowest BCUT2D eigenvalue weighted by atomic mass is 9.79. The Morgan fingerprint density at radius 3 is 2.50 bits per heavy atom. The van der Waals surface area contributed by atoms with E-state index in [1.165, 1.54) is 25.7 Å². The van der Waals surface area contributed by atoms with Crippen LogP contribution in [0.1, 0.15) is 51.4 Å². The molecule has 0 atom stereocenters. The van der Waals surface area contributed by atoms with Crippen LogP contribution in [0.3, 0.4) is 0 Å². The number of piperidine rings is 1. The highest BCUT2D eigenvalue weighted by atomic mass is 16.5. The van der Waals surface area contributed by atoms with Crippen LogP contribution in [0.5, 0.6) is 0 Å². The van der Waals surface area contributed by atoms with Crippen molar-refractivity contribution in [2.24, 2.45) is 11.3 Å². The van der Waals surface area contributed by atoms with E-state index in [9.17, 15) is 9.59 Å². The maximum absolute atomic E-state index is 12.0. The quantitative estimate of drug-likeness (QED) is 0.590. The van der Waals surface area contributed by atoms with Gasteiger partial charge in [-0.25, -0.2) is 0 Å². The minimum Gasteiger partial charge on any atom is -0.384 e. The van der Waals surface area contributed by atoms with E-state index in [1.807, 2.05) is 0 Å². The predicted octanol–water partition coefficient (Wildman–Crippen LogP) is 1.21. The number of amides is 2. The summed E-state index contributed by atoms with van der Waals surface area (Å²) in [6, 6.07) is 0. The Morgan fingerprint density at radius 1 is 1.12 bits per heavy atom. The number of carbonyl (C=O) groups excluding carboxylic acids is 2. The average molecular weight is 339 g/mol. The molecule has 2 rings (SSSR count). The van der Waals surface area contributed by atoms with E-state index in [2.05, 4.69) is 16.0 Å². The Hall–Kier alpha value is -1.14. The summed E-state index contributed by atoms with van der Waals surface area (Å²) in [5.74, 6) is 0.585. The second-order valence-electron chi connectivity index (χ2n) is 7.43. The van der Waals surface area contributed by atoms with Gasteiger partial charge in [0.25, 0.3) is 0 Å². The van der Waals surface area contributed by atoms with Gasteiger partial charge < -0.3 is 20.7 Å². The SMILES string of the molecule is COCC1(CNC(=O)CNC(=O)CCC2CCCC2)CCNCC1. The molecule has 0 aromatic carbocycles. The summed E-state index contributed by atoms with van der Waals surface area (Å²) in [6.07, 6.45) is 8.59. The minimum atomic E-state index is -0.113. The summed E-state index contributed by atoms with van der Waals surface area (Å²) in [5, 5.41) is 9.05. The van der Waals surface area contributed by atoms with Gasteiger partial charge in [-0.3, -0.25) is 9.59 Å². The molecule has 1 aliphatic heterocycles. The largest absolute Gasteiger partial charge is 0.384 e. The van der Waals surface area contributed by atoms with Crippen molar-refractivity contribution in [3.8, 4) is 0 Å². The van der Waals surface area contributed by atoms with Crippen LogP contribution in [0.2, 0.25) is 0 Å². The van der Waals surface area contributed by atoms with E-state index in [-0.39, 0.29) is 23.8 Å². The van der Waals surface area contributed by atoms with Crippen molar-refractivity contribution in [1.82, 2.24) is 16.0 Å². The topological polar surface area (TPSA) is 79.5 Å². The van der Waals surface area contributed by atoms with Gasteiger partial charge in [-0.2, -0.15) is 0 Å². The second-order valence-corrected chi connectivity index (χ2v) is 7.43. The fourth-order valence-corrected chi connectivity index (χ4v) is 3.89. The molecule has 1 aliphatic carbocycles. The monoisotopic (exact) mass is 339 g/mol. The van der Waals surface area contributed by atoms with E-state index >= 15 is 0 Å². The van der Waals surface area contributed by atoms with Crippen LogP contribution in [0, 0.1) is 11.3 Å². The van der Waals surface area contributed by atoms with Crippen molar-refractivity contribution in [3.63, 3.8) is 0 Å². The van der Waals surface area contributed by atoms with Crippen LogP contribution in [-0.4, -0.2) is 51.7 Å². The van der Waals surface area contributed by atoms with Gasteiger partial charge in [0.1, 0.15) is 0 Å². The maximum Gasteiger partial charge on any atom is 0.239 e. The predicted molar refractivity (Wildman–Crippen MR) is 93.6 cm³/mol. The zero-order chi connectivity index (χ0) is 17.3. The Morgan fingerprint density at radius 2 is 1.83 bits per heavy atom. The second kappa shape index (κ2) is 9.99. The number of ether oxygens (including phenoxy) is 1. The number of carbonyl (C=O) groups is 2. The molecule has 0 aromatic heterocycles. The first kappa shape index (κ1) is 19.2. The molecule has 2 amide bonds. The van der Waals surface area contributed by atoms with Gasteiger partial charge in [-0.05, 0) is 38.3 Å². The highest BCUT2D eigenvalue weighted by Crippen LogP contribution is 2.29. The highest BCUT2D eigenvalue weighted by molar-refractivity contribution is 5.84. The molecule has 3 N–H and O–H groups in total. The van der Waals surface area contributed by atoms with Gasteiger partial charge >= 0.3 is 0 Å². The van der Waals surface area contributed by atoms with Crippen LogP contribution in [0.15, 0.2) is 0 Å². The molecule has 6 heteroatoms. The van der Waals surface area contributed by atoms with E-state index in [1.54, 1.807) is 7.11 Å². The number of rotatable bonds is 9. The molecule has 0 bridgehead atoms. The van der Waals surface area contributed by atoms with Crippen molar-refractivity contribution in [2.45, 2.75) is 51.4 Å². The lowest BCUT2D eigenvalue weighted by molar-refractivity contribution is -0.126. The molecule has 6 nitrogen and oxygen atoms in total. The molecular weight excluding hydrogens is 306 g/mol. The van der Waals surface area contributed by atoms with Crippen LogP contribution in [-0.2, 0) is 14.3 Å². The van der Waals surface area contributed by atoms with E-state index < -0.39 is 0 Å². The first-order chi connectivity index (χ1) is 11.6. The Balaban J connectivity index is 1.61. The van der Waals surface area contributed by atoms with Crippen molar-refractivity contribution in [2.75, 3.05) is 39.9 Å². The molecule has 0 unspecified atom stereocenters. The molecule has 24 heavy (non-hydrogen) atoms. The minimum absolute atomic E-state index is 0.00878. The Bertz CT molecular complexity index is 397. The zero-order valence-electron chi connectivity index (χ0n) is 15.0. The summed E-state index contributed by atoms with van der Waals surface area (Å²) >= 11 is 0. The van der Waals surface area contributed by atoms with Crippen LogP contribution < -0.4 is 16.0 Å². The lowest BCUT2D eigenvalue weighted by Gasteiger charge is -2.37. The number of nitrogens with one attached hydrogen (secondary N) is 3. The number of methoxy groups -OCH3 is 1. The van der Waals surface area contributed by atoms with Crippen molar-refractivity contribution < 1.29 is 14.3 Å². The summed E-state index contributed by atoms with van der Waals surface area (Å²) < 4.78 is 5.35. The Kier molecular flexibility index (Phi) is 7.99. The first-order valence-corrected chi connectivity index (χ1v) is 9.37. The lowest BCUT2D eigenvalue weighted by Crippen LogP contribution is -2.48. The van der Waals surface area contributed by atoms with Gasteiger partial charge in [-0.1, -0.05) is 25.7 Å². The summed E-state index contributed by atoms with van der Waals surface area (Å²) in [5.41, 5.74) is 0.0160. The van der Waals surface area contributed by atoms with Crippen LogP contribution in [0.25, 0.3) is 0 Å². The highest BCUT2D eigenvalue weighted by Gasteiger charge is 2.32. The molecule has 1 saturated heterocycles. The molecule has 2 fully saturated rings. The van der Waals surface area contributed by atoms with Crippen LogP contribution in [0.4, 0.5) is 0 Å². The molecule has 0 spiro atoms. The summed E-state index contributed by atoms with van der Waals surface area (Å²) in [6.45, 7) is 3.25. The average Bonchev–Trinajstić information content (AvgIpc) is 3.11. The number of hydrogen-bond acceptors (Lipinski definition) is 4. The van der Waals surface area contributed by atoms with Gasteiger partial charge in [0.2, 0.25) is 11.8 Å². The van der Waals surface area contributed by atoms with Gasteiger partial charge in [0.05, 0.1) is 13.2 Å². The standard InChI is InChI=1S/C18H33N3O3/c1-24-14-18(8-10-19-11-9-18)13-21-17(23)12-20-16(22)7-6-15-4-2-3-5-15/h15,19H,2-14H2,1H3,(H,20,22)(H,21,23). The molecule has 2 aliphatic rings. The van der Waals surface area contributed by atoms with E-state index in [0.717, 1.165) is 32.4 Å². The zero-order valence-corrected chi connectivity index (χ0v) is 15.0. The number of hydrogen-bond donors (Lipinski definition) is 3. The summed E-state index contributed by atoms with van der Waals surface area (Å²) in [7, 11) is 1.70. The third-order valence-electron chi connectivity index (χ3n) is 5.48. The Labute approximate surface area is 145 Å². The first-order valence-electron chi connectivity index (χ1n) is 9.37. The maximum atomic E-state index is 12.0. The fourth-order valence-electron chi connectivity index (χ4n) is 3.89. The molecule has 1 heterocycles. The van der Waals surface area contributed by atoms with Crippen molar-refractivity contribution in [3.05, 3.63) is 0 Å². The van der Waals surface area contributed by atoms with E-state index in [4.69, 9.17) is 4.74 Å². The molecule has 0 aromatic rings. The van der Waals surface area contributed by atoms with Crippen molar-refractivity contribution in [1.29, 1.82) is 0 Å². The molecule has 1 saturated carbocycles. The normalized spacial score (nSPS) is 20.7. The third-order valence-corrected chi connectivity index (χ3v) is 5.48.